The Bertz CT molecular complexity index is 388. The van der Waals surface area contributed by atoms with E-state index in [9.17, 15) is 4.79 Å². The summed E-state index contributed by atoms with van der Waals surface area (Å²) in [7, 11) is 0. The number of hydrogen-bond acceptors (Lipinski definition) is 2. The van der Waals surface area contributed by atoms with Crippen LogP contribution < -0.4 is 0 Å². The smallest absolute Gasteiger partial charge is 0.313 e. The highest BCUT2D eigenvalue weighted by Gasteiger charge is 2.28. The molecule has 0 unspecified atom stereocenters. The van der Waals surface area contributed by atoms with Crippen LogP contribution in [0.1, 0.15) is 25.0 Å². The number of carbonyl (C=O) groups is 1. The van der Waals surface area contributed by atoms with Crippen LogP contribution in [-0.2, 0) is 10.2 Å². The van der Waals surface area contributed by atoms with E-state index in [2.05, 4.69) is 0 Å². The number of aliphatic hydroxyl groups is 1. The average Bonchev–Trinajstić information content (AvgIpc) is 2.26. The zero-order valence-corrected chi connectivity index (χ0v) is 9.47. The molecule has 16 heavy (non-hydrogen) atoms. The average molecular weight is 220 g/mol. The number of rotatable bonds is 4. The number of benzene rings is 1. The summed E-state index contributed by atoms with van der Waals surface area (Å²) < 4.78 is 0. The zero-order valence-electron chi connectivity index (χ0n) is 9.47. The minimum Gasteiger partial charge on any atom is -0.481 e. The number of hydrogen-bond donors (Lipinski definition) is 2. The van der Waals surface area contributed by atoms with Crippen LogP contribution in [0.15, 0.2) is 30.3 Å². The molecular formula is C13H16O3. The van der Waals surface area contributed by atoms with Crippen molar-refractivity contribution in [2.24, 2.45) is 0 Å². The fraction of sp³-hybridized carbons (Fsp3) is 0.308. The van der Waals surface area contributed by atoms with Crippen molar-refractivity contribution in [2.75, 3.05) is 6.61 Å². The Hall–Kier alpha value is -1.61. The zero-order chi connectivity index (χ0) is 12.2. The second-order valence-corrected chi connectivity index (χ2v) is 4.14. The van der Waals surface area contributed by atoms with Crippen LogP contribution in [0.25, 0.3) is 6.08 Å². The summed E-state index contributed by atoms with van der Waals surface area (Å²) in [6, 6.07) is 7.27. The van der Waals surface area contributed by atoms with Crippen LogP contribution in [0.3, 0.4) is 0 Å². The number of carboxylic acids is 1. The van der Waals surface area contributed by atoms with Crippen LogP contribution in [0.2, 0.25) is 0 Å². The van der Waals surface area contributed by atoms with E-state index in [1.165, 1.54) is 0 Å². The van der Waals surface area contributed by atoms with Gasteiger partial charge < -0.3 is 10.2 Å². The van der Waals surface area contributed by atoms with E-state index in [-0.39, 0.29) is 6.61 Å². The molecule has 1 rings (SSSR count). The molecule has 0 saturated carbocycles. The highest BCUT2D eigenvalue weighted by Crippen LogP contribution is 2.23. The Labute approximate surface area is 95.0 Å². The van der Waals surface area contributed by atoms with Crippen LogP contribution in [0.5, 0.6) is 0 Å². The van der Waals surface area contributed by atoms with E-state index in [1.54, 1.807) is 38.1 Å². The van der Waals surface area contributed by atoms with E-state index in [0.717, 1.165) is 11.1 Å². The maximum Gasteiger partial charge on any atom is 0.313 e. The van der Waals surface area contributed by atoms with Crippen LogP contribution in [0, 0.1) is 0 Å². The number of aliphatic hydroxyl groups excluding tert-OH is 1. The fourth-order valence-corrected chi connectivity index (χ4v) is 1.32. The Morgan fingerprint density at radius 2 is 1.88 bits per heavy atom. The summed E-state index contributed by atoms with van der Waals surface area (Å²) in [5.74, 6) is -0.842. The molecule has 0 saturated heterocycles. The summed E-state index contributed by atoms with van der Waals surface area (Å²) in [6.45, 7) is 3.35. The molecule has 0 atom stereocenters. The first kappa shape index (κ1) is 12.5. The van der Waals surface area contributed by atoms with Gasteiger partial charge in [-0.1, -0.05) is 36.4 Å². The molecule has 1 aromatic rings. The molecule has 2 N–H and O–H groups in total. The van der Waals surface area contributed by atoms with Gasteiger partial charge in [0, 0.05) is 0 Å². The second-order valence-electron chi connectivity index (χ2n) is 4.14. The van der Waals surface area contributed by atoms with Crippen molar-refractivity contribution in [1.29, 1.82) is 0 Å². The maximum absolute atomic E-state index is 11.0. The minimum atomic E-state index is -0.876. The van der Waals surface area contributed by atoms with Crippen molar-refractivity contribution in [3.05, 3.63) is 41.5 Å². The number of aliphatic carboxylic acids is 1. The standard InChI is InChI=1S/C13H16O3/c1-13(2,12(15)16)11-7-5-10(6-8-11)4-3-9-14/h3-8,14H,9H2,1-2H3,(H,15,16). The quantitative estimate of drug-likeness (QED) is 0.816. The van der Waals surface area contributed by atoms with Gasteiger partial charge in [0.2, 0.25) is 0 Å². The normalized spacial score (nSPS) is 11.9. The van der Waals surface area contributed by atoms with Crippen LogP contribution >= 0.6 is 0 Å². The van der Waals surface area contributed by atoms with Gasteiger partial charge in [-0.15, -0.1) is 0 Å². The number of carboxylic acid groups (broad SMARTS) is 1. The first-order valence-corrected chi connectivity index (χ1v) is 5.10. The van der Waals surface area contributed by atoms with Crippen molar-refractivity contribution in [1.82, 2.24) is 0 Å². The Balaban J connectivity index is 2.95. The molecule has 0 heterocycles. The molecule has 0 aliphatic rings. The Kier molecular flexibility index (Phi) is 3.85. The third-order valence-corrected chi connectivity index (χ3v) is 2.58. The maximum atomic E-state index is 11.0. The SMILES string of the molecule is CC(C)(C(=O)O)c1ccc(C=CCO)cc1. The first-order valence-electron chi connectivity index (χ1n) is 5.10. The van der Waals surface area contributed by atoms with Crippen molar-refractivity contribution >= 4 is 12.0 Å². The van der Waals surface area contributed by atoms with Gasteiger partial charge in [0.25, 0.3) is 0 Å². The first-order chi connectivity index (χ1) is 7.48. The molecule has 0 fully saturated rings. The lowest BCUT2D eigenvalue weighted by atomic mass is 9.84. The summed E-state index contributed by atoms with van der Waals surface area (Å²) >= 11 is 0. The summed E-state index contributed by atoms with van der Waals surface area (Å²) in [6.07, 6.45) is 3.43. The third-order valence-electron chi connectivity index (χ3n) is 2.58. The van der Waals surface area contributed by atoms with Gasteiger partial charge in [-0.3, -0.25) is 4.79 Å². The molecule has 0 aliphatic carbocycles. The minimum absolute atomic E-state index is 0.00235. The summed E-state index contributed by atoms with van der Waals surface area (Å²) in [5.41, 5.74) is 0.833. The Morgan fingerprint density at radius 1 is 1.31 bits per heavy atom. The molecule has 0 radical (unpaired) electrons. The summed E-state index contributed by atoms with van der Waals surface area (Å²) in [4.78, 5) is 11.0. The second kappa shape index (κ2) is 4.94. The van der Waals surface area contributed by atoms with Gasteiger partial charge in [-0.2, -0.15) is 0 Å². The van der Waals surface area contributed by atoms with E-state index in [4.69, 9.17) is 10.2 Å². The van der Waals surface area contributed by atoms with Crippen molar-refractivity contribution in [3.63, 3.8) is 0 Å². The van der Waals surface area contributed by atoms with Gasteiger partial charge >= 0.3 is 5.97 Å². The molecule has 3 nitrogen and oxygen atoms in total. The monoisotopic (exact) mass is 220 g/mol. The van der Waals surface area contributed by atoms with E-state index in [1.807, 2.05) is 12.1 Å². The molecule has 0 aliphatic heterocycles. The van der Waals surface area contributed by atoms with Gasteiger partial charge in [0.1, 0.15) is 0 Å². The van der Waals surface area contributed by atoms with Crippen molar-refractivity contribution in [3.8, 4) is 0 Å². The fourth-order valence-electron chi connectivity index (χ4n) is 1.32. The molecule has 0 aromatic heterocycles. The van der Waals surface area contributed by atoms with Gasteiger partial charge in [0.05, 0.1) is 12.0 Å². The highest BCUT2D eigenvalue weighted by molar-refractivity contribution is 5.80. The van der Waals surface area contributed by atoms with Gasteiger partial charge in [-0.25, -0.2) is 0 Å². The van der Waals surface area contributed by atoms with Gasteiger partial charge in [0.15, 0.2) is 0 Å². The van der Waals surface area contributed by atoms with E-state index < -0.39 is 11.4 Å². The Morgan fingerprint density at radius 3 is 2.31 bits per heavy atom. The van der Waals surface area contributed by atoms with Gasteiger partial charge in [-0.05, 0) is 25.0 Å². The lowest BCUT2D eigenvalue weighted by Gasteiger charge is -2.19. The molecule has 0 spiro atoms. The van der Waals surface area contributed by atoms with Crippen molar-refractivity contribution < 1.29 is 15.0 Å². The lowest BCUT2D eigenvalue weighted by molar-refractivity contribution is -0.142. The van der Waals surface area contributed by atoms with E-state index in [0.29, 0.717) is 0 Å². The van der Waals surface area contributed by atoms with Crippen LogP contribution in [0.4, 0.5) is 0 Å². The molecule has 1 aromatic carbocycles. The predicted molar refractivity (Wildman–Crippen MR) is 63.2 cm³/mol. The van der Waals surface area contributed by atoms with Crippen LogP contribution in [-0.4, -0.2) is 22.8 Å². The highest BCUT2D eigenvalue weighted by atomic mass is 16.4. The molecule has 0 amide bonds. The topological polar surface area (TPSA) is 57.5 Å². The molecule has 3 heteroatoms. The molecular weight excluding hydrogens is 204 g/mol. The third kappa shape index (κ3) is 2.70. The predicted octanol–water partition coefficient (Wildman–Crippen LogP) is 2.05. The molecule has 0 bridgehead atoms. The van der Waals surface area contributed by atoms with Crippen molar-refractivity contribution in [2.45, 2.75) is 19.3 Å². The largest absolute Gasteiger partial charge is 0.481 e. The summed E-state index contributed by atoms with van der Waals surface area (Å²) in [5, 5.41) is 17.7. The lowest BCUT2D eigenvalue weighted by Crippen LogP contribution is -2.28. The van der Waals surface area contributed by atoms with E-state index >= 15 is 0 Å². The molecule has 86 valence electrons.